The number of hydrogen-bond donors (Lipinski definition) is 1. The first kappa shape index (κ1) is 15.7. The number of nitrogens with zero attached hydrogens (tertiary/aromatic N) is 4. The van der Waals surface area contributed by atoms with Gasteiger partial charge in [-0.15, -0.1) is 0 Å². The Kier molecular flexibility index (Phi) is 4.37. The van der Waals surface area contributed by atoms with E-state index in [9.17, 15) is 4.79 Å². The number of H-pyrrole nitrogens is 1. The van der Waals surface area contributed by atoms with Crippen molar-refractivity contribution in [2.24, 2.45) is 14.1 Å². The van der Waals surface area contributed by atoms with Gasteiger partial charge >= 0.3 is 0 Å². The highest BCUT2D eigenvalue weighted by Crippen LogP contribution is 2.21. The minimum absolute atomic E-state index is 0.0404. The van der Waals surface area contributed by atoms with Gasteiger partial charge < -0.3 is 4.57 Å². The van der Waals surface area contributed by atoms with Crippen molar-refractivity contribution in [1.82, 2.24) is 24.3 Å². The summed E-state index contributed by atoms with van der Waals surface area (Å²) < 4.78 is 4.98. The van der Waals surface area contributed by atoms with Gasteiger partial charge in [0.05, 0.1) is 16.7 Å². The summed E-state index contributed by atoms with van der Waals surface area (Å²) in [4.78, 5) is 17.0. The van der Waals surface area contributed by atoms with E-state index in [1.54, 1.807) is 11.6 Å². The summed E-state index contributed by atoms with van der Waals surface area (Å²) in [5.41, 5.74) is 0.669. The SMILES string of the molecule is Cn1c(CSc2nc3ccc(I)cc3c(=O)n2C)n[nH]c1=S. The first-order valence-electron chi connectivity index (χ1n) is 6.36. The van der Waals surface area contributed by atoms with E-state index in [1.807, 2.05) is 29.8 Å². The summed E-state index contributed by atoms with van der Waals surface area (Å²) >= 11 is 8.74. The van der Waals surface area contributed by atoms with Crippen LogP contribution in [-0.2, 0) is 19.8 Å². The molecule has 3 rings (SSSR count). The zero-order chi connectivity index (χ0) is 15.9. The number of fused-ring (bicyclic) bond motifs is 1. The van der Waals surface area contributed by atoms with Crippen molar-refractivity contribution >= 4 is 57.5 Å². The van der Waals surface area contributed by atoms with Gasteiger partial charge in [-0.1, -0.05) is 11.8 Å². The average Bonchev–Trinajstić information content (AvgIpc) is 2.82. The molecule has 9 heteroatoms. The van der Waals surface area contributed by atoms with Gasteiger partial charge in [0.2, 0.25) is 0 Å². The molecule has 0 radical (unpaired) electrons. The lowest BCUT2D eigenvalue weighted by Crippen LogP contribution is -2.20. The smallest absolute Gasteiger partial charge is 0.261 e. The topological polar surface area (TPSA) is 68.5 Å². The van der Waals surface area contributed by atoms with Gasteiger partial charge in [0.25, 0.3) is 5.56 Å². The number of aromatic amines is 1. The molecule has 0 aliphatic rings. The molecule has 0 saturated heterocycles. The standard InChI is InChI=1S/C13H12IN5OS2/c1-18-10(16-17-12(18)21)6-22-13-15-9-4-3-7(14)5-8(9)11(20)19(13)2/h3-5H,6H2,1-2H3,(H,17,21). The normalized spacial score (nSPS) is 11.2. The Balaban J connectivity index is 1.99. The molecule has 0 aliphatic heterocycles. The van der Waals surface area contributed by atoms with Crippen LogP contribution >= 0.6 is 46.6 Å². The highest BCUT2D eigenvalue weighted by Gasteiger charge is 2.11. The molecular formula is C13H12IN5OS2. The number of thioether (sulfide) groups is 1. The fourth-order valence-corrected chi connectivity index (χ4v) is 3.59. The molecule has 114 valence electrons. The van der Waals surface area contributed by atoms with Crippen molar-refractivity contribution in [3.8, 4) is 0 Å². The number of benzene rings is 1. The summed E-state index contributed by atoms with van der Waals surface area (Å²) in [5, 5.41) is 8.21. The van der Waals surface area contributed by atoms with Gasteiger partial charge in [-0.25, -0.2) is 4.98 Å². The lowest BCUT2D eigenvalue weighted by atomic mass is 10.2. The van der Waals surface area contributed by atoms with Gasteiger partial charge in [0.1, 0.15) is 5.82 Å². The predicted molar refractivity (Wildman–Crippen MR) is 97.7 cm³/mol. The summed E-state index contributed by atoms with van der Waals surface area (Å²) in [7, 11) is 3.59. The predicted octanol–water partition coefficient (Wildman–Crippen LogP) is 2.62. The van der Waals surface area contributed by atoms with Crippen LogP contribution in [0.15, 0.2) is 28.2 Å². The average molecular weight is 445 g/mol. The number of halogens is 1. The van der Waals surface area contributed by atoms with Gasteiger partial charge in [0, 0.05) is 17.7 Å². The maximum Gasteiger partial charge on any atom is 0.261 e. The van der Waals surface area contributed by atoms with Crippen molar-refractivity contribution in [3.63, 3.8) is 0 Å². The van der Waals surface area contributed by atoms with E-state index in [-0.39, 0.29) is 5.56 Å². The van der Waals surface area contributed by atoms with Crippen LogP contribution in [0.4, 0.5) is 0 Å². The molecule has 0 aliphatic carbocycles. The Hall–Kier alpha value is -1.20. The molecule has 2 heterocycles. The van der Waals surface area contributed by atoms with E-state index < -0.39 is 0 Å². The van der Waals surface area contributed by atoms with E-state index in [2.05, 4.69) is 37.8 Å². The summed E-state index contributed by atoms with van der Waals surface area (Å²) in [6.45, 7) is 0. The molecule has 1 aromatic carbocycles. The number of rotatable bonds is 3. The monoisotopic (exact) mass is 445 g/mol. The molecule has 3 aromatic rings. The third kappa shape index (κ3) is 2.84. The van der Waals surface area contributed by atoms with Crippen LogP contribution < -0.4 is 5.56 Å². The molecule has 22 heavy (non-hydrogen) atoms. The summed E-state index contributed by atoms with van der Waals surface area (Å²) in [6.07, 6.45) is 0. The van der Waals surface area contributed by atoms with Crippen LogP contribution in [0.3, 0.4) is 0 Å². The van der Waals surface area contributed by atoms with Crippen molar-refractivity contribution in [2.45, 2.75) is 10.9 Å². The molecule has 0 saturated carbocycles. The first-order valence-corrected chi connectivity index (χ1v) is 8.84. The second-order valence-corrected chi connectivity index (χ2v) is 7.29. The van der Waals surface area contributed by atoms with Crippen LogP contribution in [0.25, 0.3) is 10.9 Å². The zero-order valence-electron chi connectivity index (χ0n) is 11.8. The molecular weight excluding hydrogens is 433 g/mol. The van der Waals surface area contributed by atoms with Gasteiger partial charge in [-0.05, 0) is 53.0 Å². The first-order chi connectivity index (χ1) is 10.5. The fourth-order valence-electron chi connectivity index (χ4n) is 1.99. The number of hydrogen-bond acceptors (Lipinski definition) is 5. The fraction of sp³-hybridized carbons (Fsp3) is 0.231. The molecule has 0 bridgehead atoms. The minimum atomic E-state index is -0.0404. The van der Waals surface area contributed by atoms with Crippen LogP contribution in [0, 0.1) is 8.34 Å². The highest BCUT2D eigenvalue weighted by atomic mass is 127. The van der Waals surface area contributed by atoms with Crippen molar-refractivity contribution < 1.29 is 0 Å². The maximum atomic E-state index is 12.4. The zero-order valence-corrected chi connectivity index (χ0v) is 15.6. The Labute approximate surface area is 149 Å². The highest BCUT2D eigenvalue weighted by molar-refractivity contribution is 14.1. The van der Waals surface area contributed by atoms with Crippen LogP contribution in [0.2, 0.25) is 0 Å². The van der Waals surface area contributed by atoms with E-state index in [4.69, 9.17) is 12.2 Å². The molecule has 0 spiro atoms. The van der Waals surface area contributed by atoms with Gasteiger partial charge in [-0.2, -0.15) is 5.10 Å². The Morgan fingerprint density at radius 3 is 2.82 bits per heavy atom. The summed E-state index contributed by atoms with van der Waals surface area (Å²) in [5.74, 6) is 1.40. The Morgan fingerprint density at radius 2 is 2.14 bits per heavy atom. The van der Waals surface area contributed by atoms with Crippen molar-refractivity contribution in [1.29, 1.82) is 0 Å². The van der Waals surface area contributed by atoms with E-state index in [0.29, 0.717) is 26.6 Å². The Bertz CT molecular complexity index is 975. The minimum Gasteiger partial charge on any atom is -0.307 e. The van der Waals surface area contributed by atoms with Crippen LogP contribution in [-0.4, -0.2) is 24.3 Å². The second-order valence-electron chi connectivity index (χ2n) is 4.71. The van der Waals surface area contributed by atoms with Gasteiger partial charge in [0.15, 0.2) is 9.93 Å². The molecule has 0 atom stereocenters. The van der Waals surface area contributed by atoms with Crippen LogP contribution in [0.1, 0.15) is 5.82 Å². The lowest BCUT2D eigenvalue weighted by molar-refractivity contribution is 0.724. The molecule has 0 unspecified atom stereocenters. The van der Waals surface area contributed by atoms with Crippen molar-refractivity contribution in [3.05, 3.63) is 42.7 Å². The quantitative estimate of drug-likeness (QED) is 0.291. The van der Waals surface area contributed by atoms with Crippen molar-refractivity contribution in [2.75, 3.05) is 0 Å². The third-order valence-corrected chi connectivity index (χ3v) is 5.36. The molecule has 1 N–H and O–H groups in total. The molecule has 6 nitrogen and oxygen atoms in total. The Morgan fingerprint density at radius 1 is 1.36 bits per heavy atom. The number of nitrogens with one attached hydrogen (secondary N) is 1. The van der Waals surface area contributed by atoms with E-state index >= 15 is 0 Å². The third-order valence-electron chi connectivity index (χ3n) is 3.30. The summed E-state index contributed by atoms with van der Waals surface area (Å²) in [6, 6.07) is 5.68. The molecule has 2 aromatic heterocycles. The maximum absolute atomic E-state index is 12.4. The molecule has 0 amide bonds. The second kappa shape index (κ2) is 6.13. The van der Waals surface area contributed by atoms with Gasteiger partial charge in [-0.3, -0.25) is 14.5 Å². The number of aromatic nitrogens is 5. The van der Waals surface area contributed by atoms with E-state index in [0.717, 1.165) is 9.39 Å². The van der Waals surface area contributed by atoms with Crippen LogP contribution in [0.5, 0.6) is 0 Å². The van der Waals surface area contributed by atoms with E-state index in [1.165, 1.54) is 11.8 Å². The lowest BCUT2D eigenvalue weighted by Gasteiger charge is -2.08. The molecule has 0 fully saturated rings. The largest absolute Gasteiger partial charge is 0.307 e.